The molecule has 0 aliphatic heterocycles. The maximum absolute atomic E-state index is 4.63. The van der Waals surface area contributed by atoms with E-state index < -0.39 is 0 Å². The van der Waals surface area contributed by atoms with Crippen molar-refractivity contribution >= 4 is 49.9 Å². The Morgan fingerprint density at radius 1 is 0.472 bits per heavy atom. The number of aromatic nitrogens is 3. The molecule has 0 bridgehead atoms. The molecule has 0 radical (unpaired) electrons. The van der Waals surface area contributed by atoms with Gasteiger partial charge in [-0.1, -0.05) is 97.1 Å². The normalized spacial score (nSPS) is 11.5. The smallest absolute Gasteiger partial charge is 0.169 e. The third-order valence-electron chi connectivity index (χ3n) is 6.79. The van der Waals surface area contributed by atoms with Crippen LogP contribution >= 0.6 is 22.6 Å². The molecule has 7 aromatic rings. The summed E-state index contributed by atoms with van der Waals surface area (Å²) in [5.74, 6) is 0.858. The molecular weight excluding hydrogens is 553 g/mol. The summed E-state index contributed by atoms with van der Waals surface area (Å²) in [5, 5.41) is 12.7. The zero-order valence-electron chi connectivity index (χ0n) is 19.3. The molecule has 0 spiro atoms. The van der Waals surface area contributed by atoms with E-state index in [1.165, 1.54) is 36.6 Å². The van der Waals surface area contributed by atoms with E-state index in [0.29, 0.717) is 0 Å². The predicted molar refractivity (Wildman–Crippen MR) is 157 cm³/mol. The first-order chi connectivity index (χ1) is 17.8. The van der Waals surface area contributed by atoms with E-state index >= 15 is 0 Å². The van der Waals surface area contributed by atoms with Crippen LogP contribution in [0.5, 0.6) is 0 Å². The molecule has 7 rings (SSSR count). The van der Waals surface area contributed by atoms with Crippen LogP contribution in [0.2, 0.25) is 0 Å². The number of fused-ring (bicyclic) bond motifs is 6. The maximum atomic E-state index is 4.63. The first-order valence-corrected chi connectivity index (χ1v) is 13.0. The standard InChI is InChI=1S/C32H20IN3/c33-26-17-14-24(15-18-26)31-34-35-32-28-9-5-4-8-27(28)29-20-25(16-19-30(29)36(31)32)23-12-10-22(11-13-23)21-6-2-1-3-7-21/h1-20H. The first-order valence-electron chi connectivity index (χ1n) is 11.9. The molecule has 5 aromatic carbocycles. The monoisotopic (exact) mass is 573 g/mol. The molecule has 0 saturated carbocycles. The van der Waals surface area contributed by atoms with Gasteiger partial charge in [-0.3, -0.25) is 4.40 Å². The van der Waals surface area contributed by atoms with Crippen LogP contribution < -0.4 is 0 Å². The Morgan fingerprint density at radius 2 is 1.06 bits per heavy atom. The van der Waals surface area contributed by atoms with E-state index in [0.717, 1.165) is 27.9 Å². The second-order valence-electron chi connectivity index (χ2n) is 8.91. The van der Waals surface area contributed by atoms with Crippen LogP contribution in [0.3, 0.4) is 0 Å². The summed E-state index contributed by atoms with van der Waals surface area (Å²) in [4.78, 5) is 0. The lowest BCUT2D eigenvalue weighted by Crippen LogP contribution is -1.95. The van der Waals surface area contributed by atoms with E-state index in [2.05, 4.69) is 152 Å². The summed E-state index contributed by atoms with van der Waals surface area (Å²) in [6.45, 7) is 0. The van der Waals surface area contributed by atoms with Crippen LogP contribution in [0.4, 0.5) is 0 Å². The molecule has 0 aliphatic carbocycles. The van der Waals surface area contributed by atoms with Crippen LogP contribution in [0.25, 0.3) is 61.0 Å². The van der Waals surface area contributed by atoms with Crippen LogP contribution in [-0.4, -0.2) is 14.6 Å². The summed E-state index contributed by atoms with van der Waals surface area (Å²) in [5.41, 5.74) is 7.88. The Balaban J connectivity index is 1.44. The molecule has 0 saturated heterocycles. The lowest BCUT2D eigenvalue weighted by molar-refractivity contribution is 1.12. The van der Waals surface area contributed by atoms with E-state index in [-0.39, 0.29) is 0 Å². The van der Waals surface area contributed by atoms with Crippen LogP contribution in [0.15, 0.2) is 121 Å². The van der Waals surface area contributed by atoms with Crippen LogP contribution in [0.1, 0.15) is 0 Å². The second kappa shape index (κ2) is 8.57. The number of rotatable bonds is 3. The molecule has 2 aromatic heterocycles. The number of halogens is 1. The van der Waals surface area contributed by atoms with E-state index in [1.807, 2.05) is 6.07 Å². The van der Waals surface area contributed by atoms with Gasteiger partial charge < -0.3 is 0 Å². The molecule has 4 heteroatoms. The summed E-state index contributed by atoms with van der Waals surface area (Å²) >= 11 is 2.33. The fourth-order valence-electron chi connectivity index (χ4n) is 5.00. The average Bonchev–Trinajstić information content (AvgIpc) is 3.40. The largest absolute Gasteiger partial charge is 0.274 e. The highest BCUT2D eigenvalue weighted by atomic mass is 127. The number of hydrogen-bond donors (Lipinski definition) is 0. The molecule has 3 nitrogen and oxygen atoms in total. The number of nitrogens with zero attached hydrogens (tertiary/aromatic N) is 3. The Hall–Kier alpha value is -4.03. The molecule has 0 fully saturated rings. The predicted octanol–water partition coefficient (Wildman–Crippen LogP) is 8.64. The lowest BCUT2D eigenvalue weighted by Gasteiger charge is -2.12. The molecule has 2 heterocycles. The Kier molecular flexibility index (Phi) is 5.06. The summed E-state index contributed by atoms with van der Waals surface area (Å²) < 4.78 is 3.39. The van der Waals surface area contributed by atoms with Crippen LogP contribution in [-0.2, 0) is 0 Å². The molecule has 0 N–H and O–H groups in total. The van der Waals surface area contributed by atoms with Gasteiger partial charge in [-0.15, -0.1) is 10.2 Å². The van der Waals surface area contributed by atoms with Gasteiger partial charge >= 0.3 is 0 Å². The van der Waals surface area contributed by atoms with Gasteiger partial charge in [-0.05, 0) is 74.5 Å². The zero-order valence-corrected chi connectivity index (χ0v) is 21.4. The number of benzene rings is 5. The zero-order chi connectivity index (χ0) is 24.1. The molecule has 0 atom stereocenters. The Bertz CT molecular complexity index is 1870. The average molecular weight is 573 g/mol. The van der Waals surface area contributed by atoms with Crippen molar-refractivity contribution < 1.29 is 0 Å². The summed E-state index contributed by atoms with van der Waals surface area (Å²) in [7, 11) is 0. The van der Waals surface area contributed by atoms with E-state index in [1.54, 1.807) is 0 Å². The van der Waals surface area contributed by atoms with Gasteiger partial charge in [0.1, 0.15) is 0 Å². The fourth-order valence-corrected chi connectivity index (χ4v) is 5.36. The minimum atomic E-state index is 0.858. The third kappa shape index (κ3) is 3.48. The topological polar surface area (TPSA) is 30.2 Å². The molecule has 36 heavy (non-hydrogen) atoms. The fraction of sp³-hybridized carbons (Fsp3) is 0. The summed E-state index contributed by atoms with van der Waals surface area (Å²) in [6.07, 6.45) is 0. The number of pyridine rings is 1. The Morgan fingerprint density at radius 3 is 1.81 bits per heavy atom. The van der Waals surface area contributed by atoms with Crippen molar-refractivity contribution in [3.63, 3.8) is 0 Å². The van der Waals surface area contributed by atoms with E-state index in [4.69, 9.17) is 0 Å². The maximum Gasteiger partial charge on any atom is 0.169 e. The van der Waals surface area contributed by atoms with Crippen molar-refractivity contribution in [1.29, 1.82) is 0 Å². The van der Waals surface area contributed by atoms with Gasteiger partial charge in [0.2, 0.25) is 0 Å². The molecule has 0 amide bonds. The van der Waals surface area contributed by atoms with Gasteiger partial charge in [0, 0.05) is 19.9 Å². The molecule has 0 aliphatic rings. The van der Waals surface area contributed by atoms with Crippen molar-refractivity contribution in [3.05, 3.63) is 125 Å². The first kappa shape index (κ1) is 21.3. The van der Waals surface area contributed by atoms with Crippen molar-refractivity contribution in [2.75, 3.05) is 0 Å². The number of hydrogen-bond acceptors (Lipinski definition) is 2. The van der Waals surface area contributed by atoms with Crippen molar-refractivity contribution in [1.82, 2.24) is 14.6 Å². The molecule has 170 valence electrons. The van der Waals surface area contributed by atoms with Gasteiger partial charge in [0.25, 0.3) is 0 Å². The van der Waals surface area contributed by atoms with Gasteiger partial charge in [-0.25, -0.2) is 0 Å². The molecule has 0 unspecified atom stereocenters. The summed E-state index contributed by atoms with van der Waals surface area (Å²) in [6, 6.07) is 42.9. The highest BCUT2D eigenvalue weighted by molar-refractivity contribution is 14.1. The minimum absolute atomic E-state index is 0.858. The highest BCUT2D eigenvalue weighted by Crippen LogP contribution is 2.35. The van der Waals surface area contributed by atoms with Crippen LogP contribution in [0, 0.1) is 3.57 Å². The second-order valence-corrected chi connectivity index (χ2v) is 10.2. The quantitative estimate of drug-likeness (QED) is 0.157. The highest BCUT2D eigenvalue weighted by Gasteiger charge is 2.16. The van der Waals surface area contributed by atoms with Gasteiger partial charge in [0.05, 0.1) is 5.52 Å². The Labute approximate surface area is 222 Å². The van der Waals surface area contributed by atoms with Gasteiger partial charge in [-0.2, -0.15) is 0 Å². The third-order valence-corrected chi connectivity index (χ3v) is 7.51. The lowest BCUT2D eigenvalue weighted by atomic mass is 9.97. The molecular formula is C32H20IN3. The van der Waals surface area contributed by atoms with Crippen molar-refractivity contribution in [2.24, 2.45) is 0 Å². The minimum Gasteiger partial charge on any atom is -0.274 e. The van der Waals surface area contributed by atoms with Crippen molar-refractivity contribution in [3.8, 4) is 33.6 Å². The van der Waals surface area contributed by atoms with E-state index in [9.17, 15) is 0 Å². The van der Waals surface area contributed by atoms with Crippen molar-refractivity contribution in [2.45, 2.75) is 0 Å². The van der Waals surface area contributed by atoms with Gasteiger partial charge in [0.15, 0.2) is 11.5 Å². The SMILES string of the molecule is Ic1ccc(-c2nnc3c4ccccc4c4cc(-c5ccc(-c6ccccc6)cc5)ccc4n23)cc1.